The first-order valence-electron chi connectivity index (χ1n) is 5.83. The Morgan fingerprint density at radius 2 is 2.22 bits per heavy atom. The van der Waals surface area contributed by atoms with Crippen LogP contribution in [0.25, 0.3) is 0 Å². The lowest BCUT2D eigenvalue weighted by molar-refractivity contribution is -0.135. The third-order valence-electron chi connectivity index (χ3n) is 3.07. The van der Waals surface area contributed by atoms with Crippen molar-refractivity contribution >= 4 is 27.7 Å². The molecule has 0 bridgehead atoms. The minimum Gasteiger partial charge on any atom is -0.355 e. The Morgan fingerprint density at radius 3 is 2.83 bits per heavy atom. The third-order valence-corrected chi connectivity index (χ3v) is 3.84. The molecule has 1 saturated heterocycles. The number of carbonyl (C=O) groups is 2. The summed E-state index contributed by atoms with van der Waals surface area (Å²) < 4.78 is 0.991. The average Bonchev–Trinajstić information content (AvgIpc) is 2.78. The molecule has 4 nitrogen and oxygen atoms in total. The van der Waals surface area contributed by atoms with Crippen LogP contribution in [0.4, 0.5) is 0 Å². The summed E-state index contributed by atoms with van der Waals surface area (Å²) in [6, 6.07) is 7.81. The normalized spacial score (nSPS) is 18.6. The lowest BCUT2D eigenvalue weighted by Crippen LogP contribution is -2.33. The maximum absolute atomic E-state index is 12.1. The first kappa shape index (κ1) is 13.1. The second kappa shape index (κ2) is 5.52. The highest BCUT2D eigenvalue weighted by Crippen LogP contribution is 2.19. The summed E-state index contributed by atoms with van der Waals surface area (Å²) in [5, 5.41) is 2.68. The van der Waals surface area contributed by atoms with E-state index in [2.05, 4.69) is 21.2 Å². The van der Waals surface area contributed by atoms with Crippen molar-refractivity contribution in [3.8, 4) is 0 Å². The fourth-order valence-corrected chi connectivity index (χ4v) is 2.46. The third kappa shape index (κ3) is 2.90. The highest BCUT2D eigenvalue weighted by atomic mass is 79.9. The van der Waals surface area contributed by atoms with E-state index in [0.29, 0.717) is 19.5 Å². The predicted molar refractivity (Wildman–Crippen MR) is 71.7 cm³/mol. The molecular formula is C13H15BrN2O2. The molecule has 1 atom stereocenters. The Kier molecular flexibility index (Phi) is 4.01. The van der Waals surface area contributed by atoms with Crippen molar-refractivity contribution in [2.24, 2.45) is 5.92 Å². The van der Waals surface area contributed by atoms with Gasteiger partial charge in [-0.15, -0.1) is 0 Å². The van der Waals surface area contributed by atoms with Gasteiger partial charge in [0.15, 0.2) is 0 Å². The minimum atomic E-state index is -0.218. The van der Waals surface area contributed by atoms with Crippen molar-refractivity contribution in [1.29, 1.82) is 0 Å². The Labute approximate surface area is 114 Å². The molecule has 0 spiro atoms. The number of hydrogen-bond donors (Lipinski definition) is 1. The molecule has 5 heteroatoms. The summed E-state index contributed by atoms with van der Waals surface area (Å²) in [6.07, 6.45) is 0.305. The van der Waals surface area contributed by atoms with Crippen LogP contribution in [0.2, 0.25) is 0 Å². The molecule has 96 valence electrons. The molecule has 18 heavy (non-hydrogen) atoms. The second-order valence-electron chi connectivity index (χ2n) is 4.49. The molecule has 1 fully saturated rings. The SMILES string of the molecule is CN(Cc1ccccc1Br)C(=O)C1CNC(=O)C1. The van der Waals surface area contributed by atoms with E-state index >= 15 is 0 Å². The van der Waals surface area contributed by atoms with Gasteiger partial charge in [0.25, 0.3) is 0 Å². The molecule has 1 aromatic rings. The van der Waals surface area contributed by atoms with Crippen LogP contribution >= 0.6 is 15.9 Å². The van der Waals surface area contributed by atoms with E-state index in [-0.39, 0.29) is 17.7 Å². The number of carbonyl (C=O) groups excluding carboxylic acids is 2. The van der Waals surface area contributed by atoms with Crippen LogP contribution in [-0.2, 0) is 16.1 Å². The van der Waals surface area contributed by atoms with Gasteiger partial charge in [-0.25, -0.2) is 0 Å². The summed E-state index contributed by atoms with van der Waals surface area (Å²) >= 11 is 3.46. The van der Waals surface area contributed by atoms with E-state index in [1.54, 1.807) is 11.9 Å². The summed E-state index contributed by atoms with van der Waals surface area (Å²) in [5.41, 5.74) is 1.06. The second-order valence-corrected chi connectivity index (χ2v) is 5.35. The number of rotatable bonds is 3. The van der Waals surface area contributed by atoms with Crippen molar-refractivity contribution in [2.75, 3.05) is 13.6 Å². The van der Waals surface area contributed by atoms with E-state index < -0.39 is 0 Å². The van der Waals surface area contributed by atoms with Crippen molar-refractivity contribution < 1.29 is 9.59 Å². The van der Waals surface area contributed by atoms with Crippen molar-refractivity contribution in [3.63, 3.8) is 0 Å². The number of benzene rings is 1. The van der Waals surface area contributed by atoms with Crippen molar-refractivity contribution in [2.45, 2.75) is 13.0 Å². The van der Waals surface area contributed by atoms with Gasteiger partial charge in [0.2, 0.25) is 11.8 Å². The Balaban J connectivity index is 2.00. The van der Waals surface area contributed by atoms with Gasteiger partial charge in [-0.2, -0.15) is 0 Å². The molecule has 1 unspecified atom stereocenters. The zero-order valence-corrected chi connectivity index (χ0v) is 11.7. The summed E-state index contributed by atoms with van der Waals surface area (Å²) in [4.78, 5) is 24.9. The highest BCUT2D eigenvalue weighted by Gasteiger charge is 2.30. The van der Waals surface area contributed by atoms with Gasteiger partial charge in [0, 0.05) is 31.0 Å². The van der Waals surface area contributed by atoms with E-state index in [0.717, 1.165) is 10.0 Å². The quantitative estimate of drug-likeness (QED) is 0.921. The molecule has 0 saturated carbocycles. The van der Waals surface area contributed by atoms with Crippen molar-refractivity contribution in [1.82, 2.24) is 10.2 Å². The maximum atomic E-state index is 12.1. The molecule has 2 rings (SSSR count). The molecule has 0 aliphatic carbocycles. The average molecular weight is 311 g/mol. The van der Waals surface area contributed by atoms with Gasteiger partial charge in [-0.1, -0.05) is 34.1 Å². The lowest BCUT2D eigenvalue weighted by atomic mass is 10.1. The van der Waals surface area contributed by atoms with E-state index in [4.69, 9.17) is 0 Å². The van der Waals surface area contributed by atoms with Gasteiger partial charge in [-0.05, 0) is 11.6 Å². The fourth-order valence-electron chi connectivity index (χ4n) is 2.05. The standard InChI is InChI=1S/C13H15BrN2O2/c1-16(8-9-4-2-3-5-11(9)14)13(18)10-6-12(17)15-7-10/h2-5,10H,6-8H2,1H3,(H,15,17). The van der Waals surface area contributed by atoms with Crippen LogP contribution in [-0.4, -0.2) is 30.3 Å². The zero-order valence-electron chi connectivity index (χ0n) is 10.1. The van der Waals surface area contributed by atoms with Crippen LogP contribution in [0.5, 0.6) is 0 Å². The molecule has 1 aromatic carbocycles. The topological polar surface area (TPSA) is 49.4 Å². The summed E-state index contributed by atoms with van der Waals surface area (Å²) in [5.74, 6) is -0.239. The van der Waals surface area contributed by atoms with Gasteiger partial charge < -0.3 is 10.2 Å². The number of hydrogen-bond acceptors (Lipinski definition) is 2. The molecular weight excluding hydrogens is 296 g/mol. The van der Waals surface area contributed by atoms with Gasteiger partial charge >= 0.3 is 0 Å². The van der Waals surface area contributed by atoms with Crippen LogP contribution in [0.1, 0.15) is 12.0 Å². The van der Waals surface area contributed by atoms with Crippen LogP contribution in [0.15, 0.2) is 28.7 Å². The largest absolute Gasteiger partial charge is 0.355 e. The van der Waals surface area contributed by atoms with Gasteiger partial charge in [0.05, 0.1) is 5.92 Å². The zero-order chi connectivity index (χ0) is 13.1. The number of nitrogens with zero attached hydrogens (tertiary/aromatic N) is 1. The predicted octanol–water partition coefficient (Wildman–Crippen LogP) is 1.54. The molecule has 1 N–H and O–H groups in total. The number of halogens is 1. The fraction of sp³-hybridized carbons (Fsp3) is 0.385. The molecule has 1 aliphatic rings. The molecule has 2 amide bonds. The molecule has 0 radical (unpaired) electrons. The van der Waals surface area contributed by atoms with Crippen LogP contribution in [0, 0.1) is 5.92 Å². The van der Waals surface area contributed by atoms with Gasteiger partial charge in [0.1, 0.15) is 0 Å². The maximum Gasteiger partial charge on any atom is 0.228 e. The smallest absolute Gasteiger partial charge is 0.228 e. The monoisotopic (exact) mass is 310 g/mol. The molecule has 1 aliphatic heterocycles. The molecule has 0 aromatic heterocycles. The van der Waals surface area contributed by atoms with Crippen LogP contribution < -0.4 is 5.32 Å². The summed E-state index contributed by atoms with van der Waals surface area (Å²) in [6.45, 7) is 1.00. The number of amides is 2. The Morgan fingerprint density at radius 1 is 1.50 bits per heavy atom. The Hall–Kier alpha value is -1.36. The van der Waals surface area contributed by atoms with E-state index in [1.165, 1.54) is 0 Å². The van der Waals surface area contributed by atoms with E-state index in [1.807, 2.05) is 24.3 Å². The Bertz CT molecular complexity index is 476. The number of nitrogens with one attached hydrogen (secondary N) is 1. The van der Waals surface area contributed by atoms with Crippen LogP contribution in [0.3, 0.4) is 0 Å². The van der Waals surface area contributed by atoms with E-state index in [9.17, 15) is 9.59 Å². The lowest BCUT2D eigenvalue weighted by Gasteiger charge is -2.20. The molecule has 1 heterocycles. The summed E-state index contributed by atoms with van der Waals surface area (Å²) in [7, 11) is 1.77. The first-order valence-corrected chi connectivity index (χ1v) is 6.62. The van der Waals surface area contributed by atoms with Gasteiger partial charge in [-0.3, -0.25) is 9.59 Å². The minimum absolute atomic E-state index is 0.0177. The van der Waals surface area contributed by atoms with Crippen molar-refractivity contribution in [3.05, 3.63) is 34.3 Å². The first-order chi connectivity index (χ1) is 8.58. The highest BCUT2D eigenvalue weighted by molar-refractivity contribution is 9.10.